The summed E-state index contributed by atoms with van der Waals surface area (Å²) in [7, 11) is 2.07. The van der Waals surface area contributed by atoms with Crippen LogP contribution in [-0.4, -0.2) is 18.6 Å². The number of hydrogen-bond acceptors (Lipinski definition) is 2. The largest absolute Gasteiger partial charge is 0.366 e. The standard InChI is InChI=1S/C9H16N2/c1-4-5-8(2)9-6-11(3)7-10-9/h5-6,10H,4,7H2,1-3H3/b8-5-. The first-order valence-corrected chi connectivity index (χ1v) is 4.07. The Balaban J connectivity index is 2.61. The number of nitrogens with one attached hydrogen (secondary N) is 1. The van der Waals surface area contributed by atoms with Crippen molar-refractivity contribution in [2.45, 2.75) is 20.3 Å². The van der Waals surface area contributed by atoms with Gasteiger partial charge < -0.3 is 10.2 Å². The molecule has 0 amide bonds. The molecule has 0 atom stereocenters. The van der Waals surface area contributed by atoms with Crippen LogP contribution in [0, 0.1) is 0 Å². The Bertz CT molecular complexity index is 192. The molecule has 0 fully saturated rings. The van der Waals surface area contributed by atoms with Crippen LogP contribution in [0.5, 0.6) is 0 Å². The lowest BCUT2D eigenvalue weighted by molar-refractivity contribution is 0.473. The van der Waals surface area contributed by atoms with E-state index in [4.69, 9.17) is 0 Å². The Morgan fingerprint density at radius 3 is 3.00 bits per heavy atom. The Hall–Kier alpha value is -0.920. The van der Waals surface area contributed by atoms with Gasteiger partial charge in [0.25, 0.3) is 0 Å². The van der Waals surface area contributed by atoms with Gasteiger partial charge in [-0.1, -0.05) is 13.0 Å². The topological polar surface area (TPSA) is 15.3 Å². The summed E-state index contributed by atoms with van der Waals surface area (Å²) in [6.07, 6.45) is 5.48. The fourth-order valence-corrected chi connectivity index (χ4v) is 1.18. The van der Waals surface area contributed by atoms with E-state index in [9.17, 15) is 0 Å². The molecular formula is C9H16N2. The van der Waals surface area contributed by atoms with Crippen molar-refractivity contribution in [3.05, 3.63) is 23.5 Å². The molecule has 2 heteroatoms. The van der Waals surface area contributed by atoms with Crippen molar-refractivity contribution in [3.8, 4) is 0 Å². The molecule has 0 bridgehead atoms. The van der Waals surface area contributed by atoms with Crippen LogP contribution < -0.4 is 5.32 Å². The van der Waals surface area contributed by atoms with Gasteiger partial charge in [-0.3, -0.25) is 0 Å². The fraction of sp³-hybridized carbons (Fsp3) is 0.556. The lowest BCUT2D eigenvalue weighted by Gasteiger charge is -2.03. The number of allylic oxidation sites excluding steroid dienone is 2. The molecule has 62 valence electrons. The molecule has 0 spiro atoms. The summed E-state index contributed by atoms with van der Waals surface area (Å²) < 4.78 is 0. The fourth-order valence-electron chi connectivity index (χ4n) is 1.18. The predicted molar refractivity (Wildman–Crippen MR) is 47.9 cm³/mol. The summed E-state index contributed by atoms with van der Waals surface area (Å²) in [5, 5.41) is 3.31. The molecule has 0 radical (unpaired) electrons. The highest BCUT2D eigenvalue weighted by molar-refractivity contribution is 5.28. The Morgan fingerprint density at radius 1 is 1.82 bits per heavy atom. The van der Waals surface area contributed by atoms with Gasteiger partial charge in [-0.25, -0.2) is 0 Å². The number of nitrogens with zero attached hydrogens (tertiary/aromatic N) is 1. The van der Waals surface area contributed by atoms with E-state index in [2.05, 4.69) is 43.4 Å². The van der Waals surface area contributed by atoms with E-state index < -0.39 is 0 Å². The van der Waals surface area contributed by atoms with Crippen molar-refractivity contribution in [1.29, 1.82) is 0 Å². The molecular weight excluding hydrogens is 136 g/mol. The summed E-state index contributed by atoms with van der Waals surface area (Å²) in [5.41, 5.74) is 2.60. The Morgan fingerprint density at radius 2 is 2.55 bits per heavy atom. The van der Waals surface area contributed by atoms with Gasteiger partial charge in [0.15, 0.2) is 0 Å². The molecule has 0 aliphatic carbocycles. The molecule has 0 aromatic heterocycles. The minimum Gasteiger partial charge on any atom is -0.366 e. The first-order chi connectivity index (χ1) is 5.24. The van der Waals surface area contributed by atoms with Gasteiger partial charge in [-0.2, -0.15) is 0 Å². The molecule has 11 heavy (non-hydrogen) atoms. The van der Waals surface area contributed by atoms with Crippen LogP contribution in [0.1, 0.15) is 20.3 Å². The third kappa shape index (κ3) is 2.00. The van der Waals surface area contributed by atoms with Gasteiger partial charge >= 0.3 is 0 Å². The molecule has 1 rings (SSSR count). The molecule has 1 aliphatic heterocycles. The summed E-state index contributed by atoms with van der Waals surface area (Å²) in [5.74, 6) is 0. The zero-order chi connectivity index (χ0) is 8.27. The minimum absolute atomic E-state index is 0.935. The second-order valence-electron chi connectivity index (χ2n) is 2.93. The third-order valence-electron chi connectivity index (χ3n) is 1.80. The quantitative estimate of drug-likeness (QED) is 0.647. The van der Waals surface area contributed by atoms with Crippen LogP contribution in [0.3, 0.4) is 0 Å². The predicted octanol–water partition coefficient (Wildman–Crippen LogP) is 1.68. The van der Waals surface area contributed by atoms with Gasteiger partial charge in [0.05, 0.1) is 12.4 Å². The van der Waals surface area contributed by atoms with E-state index in [1.807, 2.05) is 0 Å². The van der Waals surface area contributed by atoms with Crippen LogP contribution >= 0.6 is 0 Å². The average Bonchev–Trinajstić information content (AvgIpc) is 2.36. The monoisotopic (exact) mass is 152 g/mol. The van der Waals surface area contributed by atoms with Crippen molar-refractivity contribution in [3.63, 3.8) is 0 Å². The molecule has 2 nitrogen and oxygen atoms in total. The molecule has 0 unspecified atom stereocenters. The van der Waals surface area contributed by atoms with E-state index in [-0.39, 0.29) is 0 Å². The van der Waals surface area contributed by atoms with Crippen molar-refractivity contribution in [2.75, 3.05) is 13.7 Å². The van der Waals surface area contributed by atoms with Gasteiger partial charge in [0, 0.05) is 13.2 Å². The molecule has 0 aromatic carbocycles. The van der Waals surface area contributed by atoms with Gasteiger partial charge in [0.1, 0.15) is 0 Å². The van der Waals surface area contributed by atoms with Gasteiger partial charge in [-0.15, -0.1) is 0 Å². The molecule has 1 N–H and O–H groups in total. The maximum Gasteiger partial charge on any atom is 0.0869 e. The average molecular weight is 152 g/mol. The first-order valence-electron chi connectivity index (χ1n) is 4.07. The third-order valence-corrected chi connectivity index (χ3v) is 1.80. The Kier molecular flexibility index (Phi) is 2.58. The highest BCUT2D eigenvalue weighted by atomic mass is 15.2. The van der Waals surface area contributed by atoms with E-state index in [1.54, 1.807) is 0 Å². The molecule has 1 aliphatic rings. The first kappa shape index (κ1) is 8.18. The lowest BCUT2D eigenvalue weighted by Crippen LogP contribution is -2.17. The zero-order valence-corrected chi connectivity index (χ0v) is 7.52. The molecule has 0 saturated carbocycles. The van der Waals surface area contributed by atoms with Crippen LogP contribution in [0.25, 0.3) is 0 Å². The maximum atomic E-state index is 3.31. The molecule has 1 heterocycles. The van der Waals surface area contributed by atoms with Crippen LogP contribution in [-0.2, 0) is 0 Å². The molecule has 0 saturated heterocycles. The highest BCUT2D eigenvalue weighted by Crippen LogP contribution is 2.11. The van der Waals surface area contributed by atoms with Crippen LogP contribution in [0.15, 0.2) is 23.5 Å². The smallest absolute Gasteiger partial charge is 0.0869 e. The van der Waals surface area contributed by atoms with Gasteiger partial charge in [-0.05, 0) is 18.9 Å². The van der Waals surface area contributed by atoms with Crippen molar-refractivity contribution in [1.82, 2.24) is 10.2 Å². The summed E-state index contributed by atoms with van der Waals surface area (Å²) in [6.45, 7) is 5.23. The van der Waals surface area contributed by atoms with Crippen molar-refractivity contribution >= 4 is 0 Å². The van der Waals surface area contributed by atoms with E-state index in [0.29, 0.717) is 0 Å². The highest BCUT2D eigenvalue weighted by Gasteiger charge is 2.07. The van der Waals surface area contributed by atoms with E-state index in [1.165, 1.54) is 11.3 Å². The van der Waals surface area contributed by atoms with Gasteiger partial charge in [0.2, 0.25) is 0 Å². The van der Waals surface area contributed by atoms with E-state index in [0.717, 1.165) is 13.1 Å². The molecule has 0 aromatic rings. The second kappa shape index (κ2) is 3.46. The number of rotatable bonds is 2. The lowest BCUT2D eigenvalue weighted by atomic mass is 10.2. The van der Waals surface area contributed by atoms with E-state index >= 15 is 0 Å². The SMILES string of the molecule is CC/C=C(/C)C1=CN(C)CN1. The maximum absolute atomic E-state index is 3.31. The van der Waals surface area contributed by atoms with Crippen LogP contribution in [0.4, 0.5) is 0 Å². The van der Waals surface area contributed by atoms with Crippen molar-refractivity contribution < 1.29 is 0 Å². The number of hydrogen-bond donors (Lipinski definition) is 1. The van der Waals surface area contributed by atoms with Crippen LogP contribution in [0.2, 0.25) is 0 Å². The minimum atomic E-state index is 0.935. The summed E-state index contributed by atoms with van der Waals surface area (Å²) >= 11 is 0. The Labute approximate surface area is 68.6 Å². The summed E-state index contributed by atoms with van der Waals surface area (Å²) in [6, 6.07) is 0. The zero-order valence-electron chi connectivity index (χ0n) is 7.52. The summed E-state index contributed by atoms with van der Waals surface area (Å²) in [4.78, 5) is 2.14. The normalized spacial score (nSPS) is 18.3. The second-order valence-corrected chi connectivity index (χ2v) is 2.93. The van der Waals surface area contributed by atoms with Crippen molar-refractivity contribution in [2.24, 2.45) is 0 Å².